The number of rotatable bonds is 9. The molecule has 1 aliphatic heterocycles. The highest BCUT2D eigenvalue weighted by Gasteiger charge is 2.29. The molecule has 2 aromatic carbocycles. The first-order valence-electron chi connectivity index (χ1n) is 9.19. The van der Waals surface area contributed by atoms with Gasteiger partial charge in [-0.1, -0.05) is 23.9 Å². The van der Waals surface area contributed by atoms with Gasteiger partial charge in [-0.05, 0) is 29.8 Å². The summed E-state index contributed by atoms with van der Waals surface area (Å²) in [5.74, 6) is 0.650. The van der Waals surface area contributed by atoms with Crippen molar-refractivity contribution in [2.45, 2.75) is 6.54 Å². The zero-order chi connectivity index (χ0) is 21.5. The predicted octanol–water partition coefficient (Wildman–Crippen LogP) is 3.17. The lowest BCUT2D eigenvalue weighted by molar-refractivity contribution is -0.125. The third kappa shape index (κ3) is 5.31. The van der Waals surface area contributed by atoms with Crippen LogP contribution >= 0.6 is 11.8 Å². The summed E-state index contributed by atoms with van der Waals surface area (Å²) in [5, 5.41) is 2.55. The maximum Gasteiger partial charge on any atom is 0.289 e. The van der Waals surface area contributed by atoms with Gasteiger partial charge in [-0.15, -0.1) is 0 Å². The summed E-state index contributed by atoms with van der Waals surface area (Å²) >= 11 is 0.984. The Morgan fingerprint density at radius 1 is 1.10 bits per heavy atom. The molecule has 0 aromatic heterocycles. The van der Waals surface area contributed by atoms with Crippen molar-refractivity contribution in [1.29, 1.82) is 0 Å². The molecular formula is C21H22N2O6S. The van der Waals surface area contributed by atoms with Crippen molar-refractivity contribution in [3.8, 4) is 11.5 Å². The van der Waals surface area contributed by atoms with Gasteiger partial charge in [0.2, 0.25) is 5.91 Å². The van der Waals surface area contributed by atoms with Crippen molar-refractivity contribution >= 4 is 34.5 Å². The maximum absolute atomic E-state index is 12.7. The van der Waals surface area contributed by atoms with E-state index in [9.17, 15) is 14.4 Å². The summed E-state index contributed by atoms with van der Waals surface area (Å²) in [7, 11) is 3.12. The van der Waals surface area contributed by atoms with Crippen LogP contribution in [0, 0.1) is 0 Å². The summed E-state index contributed by atoms with van der Waals surface area (Å²) < 4.78 is 15.9. The van der Waals surface area contributed by atoms with Gasteiger partial charge >= 0.3 is 0 Å². The summed E-state index contributed by atoms with van der Waals surface area (Å²) in [4.78, 5) is 37.5. The predicted molar refractivity (Wildman–Crippen MR) is 113 cm³/mol. The van der Waals surface area contributed by atoms with E-state index < -0.39 is 0 Å². The largest absolute Gasteiger partial charge is 0.493 e. The van der Waals surface area contributed by atoms with Gasteiger partial charge in [-0.25, -0.2) is 0 Å². The van der Waals surface area contributed by atoms with E-state index in [0.717, 1.165) is 11.8 Å². The number of hydrogen-bond donors (Lipinski definition) is 1. The van der Waals surface area contributed by atoms with Crippen molar-refractivity contribution in [1.82, 2.24) is 4.90 Å². The molecule has 0 radical (unpaired) electrons. The molecule has 1 N–H and O–H groups in total. The normalized spacial score (nSPS) is 13.5. The number of carbonyl (C=O) groups excluding carboxylic acids is 3. The number of benzene rings is 2. The quantitative estimate of drug-likeness (QED) is 0.611. The molecule has 1 saturated heterocycles. The fourth-order valence-electron chi connectivity index (χ4n) is 2.83. The molecule has 158 valence electrons. The molecule has 3 amide bonds. The number of imide groups is 1. The molecule has 1 heterocycles. The molecule has 0 bridgehead atoms. The second kappa shape index (κ2) is 10.1. The average molecular weight is 430 g/mol. The molecule has 0 unspecified atom stereocenters. The van der Waals surface area contributed by atoms with E-state index in [1.165, 1.54) is 12.0 Å². The Balaban J connectivity index is 1.70. The van der Waals surface area contributed by atoms with E-state index in [0.29, 0.717) is 41.5 Å². The number of carbonyl (C=O) groups is 3. The fourth-order valence-corrected chi connectivity index (χ4v) is 3.56. The van der Waals surface area contributed by atoms with Crippen LogP contribution in [0.25, 0.3) is 0 Å². The summed E-state index contributed by atoms with van der Waals surface area (Å²) in [6.07, 6.45) is 0. The Hall–Kier alpha value is -3.04. The van der Waals surface area contributed by atoms with Gasteiger partial charge in [0.05, 0.1) is 26.0 Å². The Morgan fingerprint density at radius 2 is 1.93 bits per heavy atom. The van der Waals surface area contributed by atoms with Crippen LogP contribution < -0.4 is 14.8 Å². The van der Waals surface area contributed by atoms with Crippen molar-refractivity contribution in [3.05, 3.63) is 53.6 Å². The van der Waals surface area contributed by atoms with E-state index in [4.69, 9.17) is 14.2 Å². The minimum atomic E-state index is -0.321. The lowest BCUT2D eigenvalue weighted by Crippen LogP contribution is -2.28. The van der Waals surface area contributed by atoms with Crippen LogP contribution in [0.3, 0.4) is 0 Å². The highest BCUT2D eigenvalue weighted by atomic mass is 32.2. The minimum absolute atomic E-state index is 0.145. The number of thioether (sulfide) groups is 1. The second-order valence-corrected chi connectivity index (χ2v) is 7.32. The molecule has 0 aliphatic carbocycles. The van der Waals surface area contributed by atoms with Crippen molar-refractivity contribution in [3.63, 3.8) is 0 Å². The Kier molecular flexibility index (Phi) is 7.31. The summed E-state index contributed by atoms with van der Waals surface area (Å²) in [6.45, 7) is 0.914. The molecule has 0 spiro atoms. The van der Waals surface area contributed by atoms with Gasteiger partial charge in [0.25, 0.3) is 11.1 Å². The number of nitrogens with zero attached hydrogens (tertiary/aromatic N) is 1. The average Bonchev–Trinajstić information content (AvgIpc) is 3.06. The van der Waals surface area contributed by atoms with Gasteiger partial charge in [0, 0.05) is 24.4 Å². The number of anilines is 1. The van der Waals surface area contributed by atoms with Crippen LogP contribution in [0.15, 0.2) is 42.5 Å². The summed E-state index contributed by atoms with van der Waals surface area (Å²) in [5.41, 5.74) is 1.65. The van der Waals surface area contributed by atoms with E-state index in [1.807, 2.05) is 0 Å². The lowest BCUT2D eigenvalue weighted by atomic mass is 10.1. The molecule has 30 heavy (non-hydrogen) atoms. The molecule has 0 saturated carbocycles. The fraction of sp³-hybridized carbons (Fsp3) is 0.286. The Labute approximate surface area is 178 Å². The lowest BCUT2D eigenvalue weighted by Gasteiger charge is -2.14. The molecule has 8 nitrogen and oxygen atoms in total. The van der Waals surface area contributed by atoms with Crippen LogP contribution in [-0.2, 0) is 16.1 Å². The number of nitrogens with one attached hydrogen (secondary N) is 1. The summed E-state index contributed by atoms with van der Waals surface area (Å²) in [6, 6.07) is 11.9. The maximum atomic E-state index is 12.7. The van der Waals surface area contributed by atoms with Crippen LogP contribution in [0.2, 0.25) is 0 Å². The Morgan fingerprint density at radius 3 is 2.63 bits per heavy atom. The van der Waals surface area contributed by atoms with Gasteiger partial charge in [0.15, 0.2) is 11.5 Å². The van der Waals surface area contributed by atoms with Crippen LogP contribution in [0.5, 0.6) is 11.5 Å². The van der Waals surface area contributed by atoms with Gasteiger partial charge in [-0.3, -0.25) is 19.3 Å². The molecule has 2 aromatic rings. The van der Waals surface area contributed by atoms with Crippen molar-refractivity contribution in [2.75, 3.05) is 38.5 Å². The number of amides is 3. The first-order valence-corrected chi connectivity index (χ1v) is 10.2. The molecular weight excluding hydrogens is 408 g/mol. The van der Waals surface area contributed by atoms with E-state index in [1.54, 1.807) is 49.6 Å². The molecule has 1 aliphatic rings. The molecule has 3 rings (SSSR count). The number of ether oxygens (including phenoxy) is 3. The van der Waals surface area contributed by atoms with E-state index >= 15 is 0 Å². The highest BCUT2D eigenvalue weighted by molar-refractivity contribution is 8.14. The van der Waals surface area contributed by atoms with Gasteiger partial charge in [-0.2, -0.15) is 0 Å². The van der Waals surface area contributed by atoms with E-state index in [-0.39, 0.29) is 29.4 Å². The number of methoxy groups -OCH3 is 2. The number of hydrogen-bond acceptors (Lipinski definition) is 7. The van der Waals surface area contributed by atoms with Gasteiger partial charge in [0.1, 0.15) is 6.61 Å². The smallest absolute Gasteiger partial charge is 0.289 e. The second-order valence-electron chi connectivity index (χ2n) is 6.40. The third-order valence-electron chi connectivity index (χ3n) is 4.34. The standard InChI is InChI=1S/C21H22N2O6S/c1-27-8-9-29-18-11-16(6-7-17(18)28-2)22-20(25)15-5-3-4-14(10-15)12-23-19(24)13-30-21(23)26/h3-7,10-11H,8-9,12-13H2,1-2H3,(H,22,25). The first kappa shape index (κ1) is 21.7. The van der Waals surface area contributed by atoms with Crippen molar-refractivity contribution in [2.24, 2.45) is 0 Å². The molecule has 9 heteroatoms. The highest BCUT2D eigenvalue weighted by Crippen LogP contribution is 2.30. The molecule has 0 atom stereocenters. The minimum Gasteiger partial charge on any atom is -0.493 e. The zero-order valence-electron chi connectivity index (χ0n) is 16.7. The van der Waals surface area contributed by atoms with Crippen LogP contribution in [-0.4, -0.2) is 55.1 Å². The van der Waals surface area contributed by atoms with Crippen LogP contribution in [0.4, 0.5) is 10.5 Å². The zero-order valence-corrected chi connectivity index (χ0v) is 17.5. The van der Waals surface area contributed by atoms with E-state index in [2.05, 4.69) is 5.32 Å². The topological polar surface area (TPSA) is 94.2 Å². The van der Waals surface area contributed by atoms with Crippen LogP contribution in [0.1, 0.15) is 15.9 Å². The van der Waals surface area contributed by atoms with Gasteiger partial charge < -0.3 is 19.5 Å². The third-order valence-corrected chi connectivity index (χ3v) is 5.20. The Bertz CT molecular complexity index is 933. The van der Waals surface area contributed by atoms with Crippen molar-refractivity contribution < 1.29 is 28.6 Å². The first-order chi connectivity index (χ1) is 14.5. The monoisotopic (exact) mass is 430 g/mol. The molecule has 1 fully saturated rings. The SMILES string of the molecule is COCCOc1cc(NC(=O)c2cccc(CN3C(=O)CSC3=O)c2)ccc1OC.